The maximum absolute atomic E-state index is 13.4. The minimum absolute atomic E-state index is 0.0333. The molecular formula is C14H12FN3O. The number of aromatic nitrogens is 1. The van der Waals surface area contributed by atoms with E-state index in [0.717, 1.165) is 5.56 Å². The average Bonchev–Trinajstić information content (AvgIpc) is 2.46. The van der Waals surface area contributed by atoms with E-state index in [-0.39, 0.29) is 5.56 Å². The highest BCUT2D eigenvalue weighted by atomic mass is 19.1. The zero-order valence-corrected chi connectivity index (χ0v) is 10.1. The van der Waals surface area contributed by atoms with Gasteiger partial charge in [-0.1, -0.05) is 18.7 Å². The molecule has 2 rings (SSSR count). The van der Waals surface area contributed by atoms with Gasteiger partial charge >= 0.3 is 0 Å². The van der Waals surface area contributed by atoms with E-state index in [2.05, 4.69) is 22.4 Å². The smallest absolute Gasteiger partial charge is 0.272 e. The Morgan fingerprint density at radius 3 is 2.63 bits per heavy atom. The van der Waals surface area contributed by atoms with Crippen molar-refractivity contribution in [1.82, 2.24) is 15.8 Å². The zero-order valence-electron chi connectivity index (χ0n) is 10.1. The van der Waals surface area contributed by atoms with Gasteiger partial charge in [-0.25, -0.2) is 4.39 Å². The van der Waals surface area contributed by atoms with Gasteiger partial charge in [-0.05, 0) is 24.3 Å². The van der Waals surface area contributed by atoms with E-state index in [1.165, 1.54) is 18.2 Å². The molecule has 0 bridgehead atoms. The van der Waals surface area contributed by atoms with Gasteiger partial charge in [0.1, 0.15) is 5.82 Å². The number of pyridine rings is 1. The number of halogens is 1. The molecule has 0 saturated carbocycles. The minimum atomic E-state index is -0.575. The van der Waals surface area contributed by atoms with E-state index in [1.807, 2.05) is 0 Å². The van der Waals surface area contributed by atoms with Crippen molar-refractivity contribution in [3.63, 3.8) is 0 Å². The number of amides is 1. The highest BCUT2D eigenvalue weighted by molar-refractivity contribution is 5.94. The third-order valence-corrected chi connectivity index (χ3v) is 2.46. The predicted octanol–water partition coefficient (Wildman–Crippen LogP) is 2.13. The first-order chi connectivity index (χ1) is 9.18. The summed E-state index contributed by atoms with van der Waals surface area (Å²) in [5.74, 6) is -1.14. The maximum Gasteiger partial charge on any atom is 0.272 e. The van der Waals surface area contributed by atoms with Crippen LogP contribution in [-0.2, 0) is 0 Å². The highest BCUT2D eigenvalue weighted by Gasteiger charge is 2.10. The summed E-state index contributed by atoms with van der Waals surface area (Å²) in [5, 5.41) is 0. The van der Waals surface area contributed by atoms with Gasteiger partial charge in [0.15, 0.2) is 0 Å². The van der Waals surface area contributed by atoms with Crippen LogP contribution in [0.4, 0.5) is 4.39 Å². The number of hydrazine groups is 1. The van der Waals surface area contributed by atoms with Crippen molar-refractivity contribution in [3.05, 3.63) is 72.3 Å². The van der Waals surface area contributed by atoms with Crippen molar-refractivity contribution < 1.29 is 9.18 Å². The van der Waals surface area contributed by atoms with Crippen molar-refractivity contribution in [3.8, 4) is 0 Å². The molecule has 0 fully saturated rings. The van der Waals surface area contributed by atoms with E-state index in [1.54, 1.807) is 30.6 Å². The summed E-state index contributed by atoms with van der Waals surface area (Å²) in [4.78, 5) is 15.7. The van der Waals surface area contributed by atoms with Crippen LogP contribution in [0.15, 0.2) is 55.4 Å². The number of benzene rings is 1. The fourth-order valence-corrected chi connectivity index (χ4v) is 1.46. The van der Waals surface area contributed by atoms with Crippen LogP contribution in [0.3, 0.4) is 0 Å². The van der Waals surface area contributed by atoms with Crippen LogP contribution in [0.25, 0.3) is 5.70 Å². The molecule has 2 aromatic rings. The van der Waals surface area contributed by atoms with E-state index < -0.39 is 11.7 Å². The molecule has 1 heterocycles. The molecule has 0 unspecified atom stereocenters. The number of nitrogens with one attached hydrogen (secondary N) is 2. The lowest BCUT2D eigenvalue weighted by Gasteiger charge is -2.11. The lowest BCUT2D eigenvalue weighted by molar-refractivity contribution is 0.0938. The Labute approximate surface area is 110 Å². The molecule has 0 aliphatic carbocycles. The third-order valence-electron chi connectivity index (χ3n) is 2.46. The van der Waals surface area contributed by atoms with Crippen molar-refractivity contribution in [2.24, 2.45) is 0 Å². The molecule has 0 radical (unpaired) electrons. The topological polar surface area (TPSA) is 54.0 Å². The number of carbonyl (C=O) groups is 1. The maximum atomic E-state index is 13.4. The molecule has 0 saturated heterocycles. The Balaban J connectivity index is 1.98. The molecule has 2 N–H and O–H groups in total. The van der Waals surface area contributed by atoms with Gasteiger partial charge < -0.3 is 0 Å². The quantitative estimate of drug-likeness (QED) is 0.825. The molecule has 19 heavy (non-hydrogen) atoms. The number of rotatable bonds is 4. The Kier molecular flexibility index (Phi) is 3.87. The van der Waals surface area contributed by atoms with Crippen LogP contribution in [-0.4, -0.2) is 10.9 Å². The Bertz CT molecular complexity index is 599. The molecule has 1 aromatic carbocycles. The van der Waals surface area contributed by atoms with Crippen LogP contribution in [0.1, 0.15) is 15.9 Å². The van der Waals surface area contributed by atoms with Crippen LogP contribution < -0.4 is 10.9 Å². The summed E-state index contributed by atoms with van der Waals surface area (Å²) in [6.45, 7) is 3.75. The van der Waals surface area contributed by atoms with Gasteiger partial charge in [-0.2, -0.15) is 0 Å². The van der Waals surface area contributed by atoms with Gasteiger partial charge in [0.2, 0.25) is 0 Å². The van der Waals surface area contributed by atoms with E-state index in [9.17, 15) is 9.18 Å². The predicted molar refractivity (Wildman–Crippen MR) is 70.3 cm³/mol. The van der Waals surface area contributed by atoms with Crippen molar-refractivity contribution in [1.29, 1.82) is 0 Å². The van der Waals surface area contributed by atoms with E-state index >= 15 is 0 Å². The van der Waals surface area contributed by atoms with Gasteiger partial charge in [0.25, 0.3) is 5.91 Å². The Morgan fingerprint density at radius 2 is 1.95 bits per heavy atom. The summed E-state index contributed by atoms with van der Waals surface area (Å²) < 4.78 is 13.4. The molecular weight excluding hydrogens is 245 g/mol. The normalized spacial score (nSPS) is 9.74. The van der Waals surface area contributed by atoms with Crippen LogP contribution in [0.5, 0.6) is 0 Å². The van der Waals surface area contributed by atoms with Gasteiger partial charge in [0.05, 0.1) is 11.3 Å². The molecule has 0 aliphatic heterocycles. The average molecular weight is 257 g/mol. The molecule has 0 spiro atoms. The van der Waals surface area contributed by atoms with Crippen molar-refractivity contribution in [2.45, 2.75) is 0 Å². The second kappa shape index (κ2) is 5.77. The lowest BCUT2D eigenvalue weighted by Crippen LogP contribution is -2.36. The number of nitrogens with zero attached hydrogens (tertiary/aromatic N) is 1. The summed E-state index contributed by atoms with van der Waals surface area (Å²) >= 11 is 0. The molecule has 96 valence electrons. The molecule has 0 atom stereocenters. The fraction of sp³-hybridized carbons (Fsp3) is 0. The number of hydrogen-bond donors (Lipinski definition) is 2. The summed E-state index contributed by atoms with van der Waals surface area (Å²) in [7, 11) is 0. The van der Waals surface area contributed by atoms with E-state index in [4.69, 9.17) is 0 Å². The van der Waals surface area contributed by atoms with Crippen LogP contribution in [0.2, 0.25) is 0 Å². The summed E-state index contributed by atoms with van der Waals surface area (Å²) in [6, 6.07) is 9.28. The number of carbonyl (C=O) groups excluding carboxylic acids is 1. The highest BCUT2D eigenvalue weighted by Crippen LogP contribution is 2.07. The number of hydrogen-bond acceptors (Lipinski definition) is 3. The second-order valence-electron chi connectivity index (χ2n) is 3.78. The Morgan fingerprint density at radius 1 is 1.16 bits per heavy atom. The zero-order chi connectivity index (χ0) is 13.7. The fourth-order valence-electron chi connectivity index (χ4n) is 1.46. The van der Waals surface area contributed by atoms with Gasteiger partial charge in [0, 0.05) is 18.0 Å². The molecule has 1 amide bonds. The van der Waals surface area contributed by atoms with Crippen molar-refractivity contribution in [2.75, 3.05) is 0 Å². The summed E-state index contributed by atoms with van der Waals surface area (Å²) in [5.41, 5.74) is 6.18. The first kappa shape index (κ1) is 12.8. The minimum Gasteiger partial charge on any atom is -0.298 e. The SMILES string of the molecule is C=C(NNC(=O)c1ccccc1F)c1cccnc1. The molecule has 5 heteroatoms. The van der Waals surface area contributed by atoms with Crippen LogP contribution >= 0.6 is 0 Å². The molecule has 4 nitrogen and oxygen atoms in total. The van der Waals surface area contributed by atoms with E-state index in [0.29, 0.717) is 5.70 Å². The third kappa shape index (κ3) is 3.16. The Hall–Kier alpha value is -2.69. The lowest BCUT2D eigenvalue weighted by atomic mass is 10.2. The molecule has 0 aliphatic rings. The van der Waals surface area contributed by atoms with Crippen molar-refractivity contribution >= 4 is 11.6 Å². The monoisotopic (exact) mass is 257 g/mol. The first-order valence-electron chi connectivity index (χ1n) is 5.58. The van der Waals surface area contributed by atoms with Crippen LogP contribution in [0, 0.1) is 5.82 Å². The van der Waals surface area contributed by atoms with Gasteiger partial charge in [-0.15, -0.1) is 0 Å². The summed E-state index contributed by atoms with van der Waals surface area (Å²) in [6.07, 6.45) is 3.24. The largest absolute Gasteiger partial charge is 0.298 e. The standard InChI is InChI=1S/C14H12FN3O/c1-10(11-5-4-8-16-9-11)17-18-14(19)12-6-2-3-7-13(12)15/h2-9,17H,1H2,(H,18,19). The second-order valence-corrected chi connectivity index (χ2v) is 3.78. The molecule has 1 aromatic heterocycles. The first-order valence-corrected chi connectivity index (χ1v) is 5.58. The van der Waals surface area contributed by atoms with Gasteiger partial charge in [-0.3, -0.25) is 20.6 Å².